The minimum atomic E-state index is 0.233. The lowest BCUT2D eigenvalue weighted by Gasteiger charge is -1.76. The number of hydrogen-bond donors (Lipinski definition) is 1. The van der Waals surface area contributed by atoms with Crippen molar-refractivity contribution in [2.75, 3.05) is 6.73 Å². The Labute approximate surface area is 28.5 Å². The van der Waals surface area contributed by atoms with Gasteiger partial charge in [0.25, 0.3) is 0 Å². The van der Waals surface area contributed by atoms with E-state index in [0.29, 0.717) is 0 Å². The second kappa shape index (κ2) is 3.14. The third-order valence-corrected chi connectivity index (χ3v) is 0.250. The monoisotopic (exact) mass is 74.0 g/mol. The summed E-state index contributed by atoms with van der Waals surface area (Å²) < 4.78 is 4.12. The second-order valence-electron chi connectivity index (χ2n) is 0.311. The van der Waals surface area contributed by atoms with Gasteiger partial charge in [0, 0.05) is 0 Å². The molecule has 0 amide bonds. The highest BCUT2D eigenvalue weighted by Crippen LogP contribution is 1.37. The fraction of sp³-hybridized carbons (Fsp3) is 1.00. The molecule has 2 N–H and O–H groups in total. The van der Waals surface area contributed by atoms with Crippen molar-refractivity contribution >= 4 is 10.5 Å². The van der Waals surface area contributed by atoms with Crippen molar-refractivity contribution in [3.05, 3.63) is 0 Å². The van der Waals surface area contributed by atoms with E-state index in [2.05, 4.69) is 14.9 Å². The third-order valence-electron chi connectivity index (χ3n) is 0.0833. The van der Waals surface area contributed by atoms with Gasteiger partial charge < -0.3 is 10.2 Å². The predicted octanol–water partition coefficient (Wildman–Crippen LogP) is -0.997. The summed E-state index contributed by atoms with van der Waals surface area (Å²) in [6, 6.07) is 0. The van der Waals surface area contributed by atoms with Gasteiger partial charge in [-0.1, -0.05) is 0 Å². The zero-order valence-corrected chi connectivity index (χ0v) is 3.19. The van der Waals surface area contributed by atoms with Crippen LogP contribution in [-0.4, -0.2) is 17.2 Å². The highest BCUT2D eigenvalue weighted by molar-refractivity contribution is 5.97. The van der Waals surface area contributed by atoms with E-state index in [4.69, 9.17) is 5.73 Å². The van der Waals surface area contributed by atoms with Crippen molar-refractivity contribution in [2.45, 2.75) is 0 Å². The minimum absolute atomic E-state index is 0.233. The van der Waals surface area contributed by atoms with Gasteiger partial charge in [-0.25, -0.2) is 0 Å². The van der Waals surface area contributed by atoms with E-state index in [1.165, 1.54) is 0 Å². The molecular formula is CH4NOSi. The maximum absolute atomic E-state index is 4.76. The average Bonchev–Trinajstić information content (AvgIpc) is 1.37. The van der Waals surface area contributed by atoms with E-state index >= 15 is 0 Å². The predicted molar refractivity (Wildman–Crippen MR) is 15.9 cm³/mol. The quantitative estimate of drug-likeness (QED) is 0.320. The Balaban J connectivity index is 1.97. The summed E-state index contributed by atoms with van der Waals surface area (Å²) in [7, 11) is 2.66. The Kier molecular flexibility index (Phi) is 3.24. The molecule has 0 saturated carbocycles. The van der Waals surface area contributed by atoms with Crippen LogP contribution in [0.15, 0.2) is 0 Å². The van der Waals surface area contributed by atoms with Crippen molar-refractivity contribution in [1.29, 1.82) is 0 Å². The summed E-state index contributed by atoms with van der Waals surface area (Å²) in [6.07, 6.45) is 0. The summed E-state index contributed by atoms with van der Waals surface area (Å²) in [6.45, 7) is 0.233. The highest BCUT2D eigenvalue weighted by Gasteiger charge is 1.52. The number of hydrogen-bond acceptors (Lipinski definition) is 2. The summed E-state index contributed by atoms with van der Waals surface area (Å²) in [5.74, 6) is 0. The molecular weight excluding hydrogens is 70.1 g/mol. The summed E-state index contributed by atoms with van der Waals surface area (Å²) in [5.41, 5.74) is 4.76. The van der Waals surface area contributed by atoms with Gasteiger partial charge in [0.15, 0.2) is 0 Å². The van der Waals surface area contributed by atoms with E-state index in [1.54, 1.807) is 0 Å². The standard InChI is InChI=1S/CH4NOSi/c2-1-3-4/h1-2H2. The number of rotatable bonds is 1. The fourth-order valence-corrected chi connectivity index (χ4v) is 0. The largest absolute Gasteiger partial charge is 0.406 e. The Morgan fingerprint density at radius 1 is 2.00 bits per heavy atom. The molecule has 0 aromatic carbocycles. The lowest BCUT2D eigenvalue weighted by Crippen LogP contribution is -1.99. The zero-order valence-electron chi connectivity index (χ0n) is 2.19. The molecule has 0 aromatic rings. The molecule has 0 bridgehead atoms. The lowest BCUT2D eigenvalue weighted by molar-refractivity contribution is 0.363. The van der Waals surface area contributed by atoms with Gasteiger partial charge in [0.1, 0.15) is 0 Å². The Morgan fingerprint density at radius 3 is 2.25 bits per heavy atom. The van der Waals surface area contributed by atoms with Crippen molar-refractivity contribution in [3.63, 3.8) is 0 Å². The SMILES string of the molecule is NCO[Si]. The Hall–Kier alpha value is 0.137. The fourth-order valence-electron chi connectivity index (χ4n) is 0. The maximum Gasteiger partial charge on any atom is 0.248 e. The lowest BCUT2D eigenvalue weighted by atomic mass is 11.4. The minimum Gasteiger partial charge on any atom is -0.406 e. The molecule has 0 heterocycles. The van der Waals surface area contributed by atoms with Crippen LogP contribution in [-0.2, 0) is 4.43 Å². The first kappa shape index (κ1) is 4.14. The summed E-state index contributed by atoms with van der Waals surface area (Å²) in [5, 5.41) is 0. The van der Waals surface area contributed by atoms with Crippen LogP contribution < -0.4 is 5.73 Å². The van der Waals surface area contributed by atoms with Crippen LogP contribution >= 0.6 is 0 Å². The van der Waals surface area contributed by atoms with Gasteiger partial charge in [0.2, 0.25) is 10.5 Å². The molecule has 2 nitrogen and oxygen atoms in total. The van der Waals surface area contributed by atoms with Crippen LogP contribution in [0.3, 0.4) is 0 Å². The molecule has 4 heavy (non-hydrogen) atoms. The van der Waals surface area contributed by atoms with Crippen molar-refractivity contribution in [3.8, 4) is 0 Å². The second-order valence-corrected chi connectivity index (χ2v) is 0.600. The van der Waals surface area contributed by atoms with Crippen LogP contribution in [0.1, 0.15) is 0 Å². The molecule has 0 aliphatic heterocycles. The van der Waals surface area contributed by atoms with E-state index in [0.717, 1.165) is 0 Å². The summed E-state index contributed by atoms with van der Waals surface area (Å²) in [4.78, 5) is 0. The van der Waals surface area contributed by atoms with Crippen LogP contribution in [0.5, 0.6) is 0 Å². The van der Waals surface area contributed by atoms with Crippen molar-refractivity contribution in [1.82, 2.24) is 0 Å². The molecule has 3 radical (unpaired) electrons. The van der Waals surface area contributed by atoms with Gasteiger partial charge in [-0.3, -0.25) is 0 Å². The van der Waals surface area contributed by atoms with E-state index in [1.807, 2.05) is 0 Å². The molecule has 0 aliphatic rings. The summed E-state index contributed by atoms with van der Waals surface area (Å²) >= 11 is 0. The molecule has 3 heteroatoms. The smallest absolute Gasteiger partial charge is 0.248 e. The first-order valence-corrected chi connectivity index (χ1v) is 1.31. The zero-order chi connectivity index (χ0) is 3.41. The average molecular weight is 74.1 g/mol. The normalized spacial score (nSPS) is 7.50. The van der Waals surface area contributed by atoms with Crippen LogP contribution in [0.25, 0.3) is 0 Å². The number of nitrogens with two attached hydrogens (primary N) is 1. The molecule has 23 valence electrons. The first-order chi connectivity index (χ1) is 1.91. The Bertz CT molecular complexity index is 10.0. The van der Waals surface area contributed by atoms with Crippen LogP contribution in [0.2, 0.25) is 0 Å². The van der Waals surface area contributed by atoms with Crippen molar-refractivity contribution < 1.29 is 4.43 Å². The highest BCUT2D eigenvalue weighted by atomic mass is 28.2. The molecule has 0 spiro atoms. The van der Waals surface area contributed by atoms with E-state index in [-0.39, 0.29) is 6.73 Å². The van der Waals surface area contributed by atoms with Gasteiger partial charge in [-0.05, 0) is 0 Å². The van der Waals surface area contributed by atoms with E-state index in [9.17, 15) is 0 Å². The van der Waals surface area contributed by atoms with Crippen molar-refractivity contribution in [2.24, 2.45) is 5.73 Å². The third kappa shape index (κ3) is 2.14. The van der Waals surface area contributed by atoms with Gasteiger partial charge in [-0.2, -0.15) is 0 Å². The van der Waals surface area contributed by atoms with Crippen LogP contribution in [0.4, 0.5) is 0 Å². The molecule has 0 rings (SSSR count). The molecule has 0 aliphatic carbocycles. The molecule has 0 fully saturated rings. The van der Waals surface area contributed by atoms with Gasteiger partial charge in [0.05, 0.1) is 6.73 Å². The molecule has 0 atom stereocenters. The van der Waals surface area contributed by atoms with Gasteiger partial charge in [-0.15, -0.1) is 0 Å². The first-order valence-electron chi connectivity index (χ1n) is 0.901. The Morgan fingerprint density at radius 2 is 2.25 bits per heavy atom. The topological polar surface area (TPSA) is 35.2 Å². The maximum atomic E-state index is 4.76. The van der Waals surface area contributed by atoms with E-state index < -0.39 is 0 Å². The molecule has 0 unspecified atom stereocenters. The molecule has 0 aromatic heterocycles. The van der Waals surface area contributed by atoms with Crippen LogP contribution in [0, 0.1) is 0 Å². The van der Waals surface area contributed by atoms with Gasteiger partial charge >= 0.3 is 0 Å². The molecule has 0 saturated heterocycles.